The molecule has 1 saturated heterocycles. The standard InChI is InChI=1S/C14H19NO3/c1-9-14(2,8-13(16)15-9)11-6-5-10(17-3)7-12(11)18-4/h5-7,9H,8H2,1-4H3,(H,15,16). The molecule has 1 aromatic carbocycles. The maximum absolute atomic E-state index is 11.6. The molecule has 1 aliphatic heterocycles. The Labute approximate surface area is 107 Å². The van der Waals surface area contributed by atoms with E-state index in [0.29, 0.717) is 6.42 Å². The van der Waals surface area contributed by atoms with E-state index in [9.17, 15) is 4.79 Å². The molecule has 0 spiro atoms. The molecule has 2 atom stereocenters. The number of carbonyl (C=O) groups is 1. The van der Waals surface area contributed by atoms with Crippen molar-refractivity contribution in [3.05, 3.63) is 23.8 Å². The Morgan fingerprint density at radius 2 is 2.06 bits per heavy atom. The molecule has 0 aromatic heterocycles. The quantitative estimate of drug-likeness (QED) is 0.889. The summed E-state index contributed by atoms with van der Waals surface area (Å²) in [6, 6.07) is 5.83. The summed E-state index contributed by atoms with van der Waals surface area (Å²) in [5.41, 5.74) is 0.797. The molecule has 4 nitrogen and oxygen atoms in total. The number of benzene rings is 1. The molecule has 0 aliphatic carbocycles. The van der Waals surface area contributed by atoms with Crippen LogP contribution in [0.25, 0.3) is 0 Å². The first-order valence-corrected chi connectivity index (χ1v) is 6.03. The zero-order valence-corrected chi connectivity index (χ0v) is 11.2. The number of rotatable bonds is 3. The molecule has 2 unspecified atom stereocenters. The van der Waals surface area contributed by atoms with E-state index < -0.39 is 0 Å². The summed E-state index contributed by atoms with van der Waals surface area (Å²) in [4.78, 5) is 11.6. The summed E-state index contributed by atoms with van der Waals surface area (Å²) >= 11 is 0. The van der Waals surface area contributed by atoms with E-state index in [4.69, 9.17) is 9.47 Å². The van der Waals surface area contributed by atoms with Crippen LogP contribution in [0.3, 0.4) is 0 Å². The highest BCUT2D eigenvalue weighted by molar-refractivity contribution is 5.81. The summed E-state index contributed by atoms with van der Waals surface area (Å²) in [5.74, 6) is 1.60. The van der Waals surface area contributed by atoms with Gasteiger partial charge in [0.25, 0.3) is 0 Å². The van der Waals surface area contributed by atoms with Crippen molar-refractivity contribution in [3.8, 4) is 11.5 Å². The fraction of sp³-hybridized carbons (Fsp3) is 0.500. The van der Waals surface area contributed by atoms with Crippen molar-refractivity contribution < 1.29 is 14.3 Å². The second kappa shape index (κ2) is 4.52. The van der Waals surface area contributed by atoms with Gasteiger partial charge in [0.15, 0.2) is 0 Å². The number of hydrogen-bond acceptors (Lipinski definition) is 3. The van der Waals surface area contributed by atoms with Crippen LogP contribution in [0.15, 0.2) is 18.2 Å². The van der Waals surface area contributed by atoms with Crippen molar-refractivity contribution in [1.82, 2.24) is 5.32 Å². The van der Waals surface area contributed by atoms with Gasteiger partial charge in [0.2, 0.25) is 5.91 Å². The third kappa shape index (κ3) is 1.92. The lowest BCUT2D eigenvalue weighted by molar-refractivity contribution is -0.119. The summed E-state index contributed by atoms with van der Waals surface area (Å²) in [5, 5.41) is 2.96. The highest BCUT2D eigenvalue weighted by Crippen LogP contribution is 2.41. The molecule has 98 valence electrons. The van der Waals surface area contributed by atoms with Gasteiger partial charge in [-0.15, -0.1) is 0 Å². The predicted octanol–water partition coefficient (Wildman–Crippen LogP) is 1.87. The average molecular weight is 249 g/mol. The first-order chi connectivity index (χ1) is 8.51. The molecule has 1 heterocycles. The topological polar surface area (TPSA) is 47.6 Å². The fourth-order valence-electron chi connectivity index (χ4n) is 2.54. The first-order valence-electron chi connectivity index (χ1n) is 6.03. The number of amides is 1. The van der Waals surface area contributed by atoms with Gasteiger partial charge in [0, 0.05) is 29.5 Å². The number of methoxy groups -OCH3 is 2. The van der Waals surface area contributed by atoms with E-state index in [1.807, 2.05) is 25.1 Å². The van der Waals surface area contributed by atoms with E-state index in [1.165, 1.54) is 0 Å². The van der Waals surface area contributed by atoms with Crippen molar-refractivity contribution in [2.75, 3.05) is 14.2 Å². The molecule has 1 fully saturated rings. The van der Waals surface area contributed by atoms with Crippen molar-refractivity contribution in [3.63, 3.8) is 0 Å². The average Bonchev–Trinajstić information content (AvgIpc) is 2.63. The third-order valence-corrected chi connectivity index (χ3v) is 3.88. The van der Waals surface area contributed by atoms with Crippen molar-refractivity contribution in [1.29, 1.82) is 0 Å². The normalized spacial score (nSPS) is 26.9. The van der Waals surface area contributed by atoms with E-state index >= 15 is 0 Å². The van der Waals surface area contributed by atoms with Crippen LogP contribution in [-0.4, -0.2) is 26.2 Å². The van der Waals surface area contributed by atoms with E-state index in [-0.39, 0.29) is 17.4 Å². The molecule has 18 heavy (non-hydrogen) atoms. The van der Waals surface area contributed by atoms with E-state index in [0.717, 1.165) is 17.1 Å². The maximum atomic E-state index is 11.6. The van der Waals surface area contributed by atoms with E-state index in [2.05, 4.69) is 12.2 Å². The van der Waals surface area contributed by atoms with Crippen LogP contribution in [-0.2, 0) is 10.2 Å². The Hall–Kier alpha value is -1.71. The fourth-order valence-corrected chi connectivity index (χ4v) is 2.54. The molecular weight excluding hydrogens is 230 g/mol. The zero-order chi connectivity index (χ0) is 13.3. The van der Waals surface area contributed by atoms with Gasteiger partial charge in [-0.2, -0.15) is 0 Å². The monoisotopic (exact) mass is 249 g/mol. The Bertz CT molecular complexity index is 472. The Kier molecular flexibility index (Phi) is 3.20. The second-order valence-electron chi connectivity index (χ2n) is 4.95. The van der Waals surface area contributed by atoms with Crippen LogP contribution in [0.1, 0.15) is 25.8 Å². The molecule has 1 N–H and O–H groups in total. The molecule has 0 bridgehead atoms. The lowest BCUT2D eigenvalue weighted by Gasteiger charge is -2.29. The smallest absolute Gasteiger partial charge is 0.221 e. The maximum Gasteiger partial charge on any atom is 0.221 e. The number of hydrogen-bond donors (Lipinski definition) is 1. The number of nitrogens with one attached hydrogen (secondary N) is 1. The van der Waals surface area contributed by atoms with Crippen LogP contribution in [0.2, 0.25) is 0 Å². The number of ether oxygens (including phenoxy) is 2. The van der Waals surface area contributed by atoms with Gasteiger partial charge in [-0.05, 0) is 13.0 Å². The van der Waals surface area contributed by atoms with Crippen LogP contribution in [0.5, 0.6) is 11.5 Å². The van der Waals surface area contributed by atoms with Gasteiger partial charge >= 0.3 is 0 Å². The van der Waals surface area contributed by atoms with Crippen molar-refractivity contribution >= 4 is 5.91 Å². The molecule has 1 amide bonds. The molecule has 2 rings (SSSR count). The molecule has 1 aromatic rings. The van der Waals surface area contributed by atoms with Crippen molar-refractivity contribution in [2.45, 2.75) is 31.7 Å². The van der Waals surface area contributed by atoms with Crippen molar-refractivity contribution in [2.24, 2.45) is 0 Å². The minimum atomic E-state index is -0.241. The summed E-state index contributed by atoms with van der Waals surface area (Å²) in [7, 11) is 3.26. The molecule has 0 radical (unpaired) electrons. The second-order valence-corrected chi connectivity index (χ2v) is 4.95. The van der Waals surface area contributed by atoms with Gasteiger partial charge in [-0.3, -0.25) is 4.79 Å². The molecular formula is C14H19NO3. The Balaban J connectivity index is 2.47. The third-order valence-electron chi connectivity index (χ3n) is 3.88. The Morgan fingerprint density at radius 1 is 1.33 bits per heavy atom. The summed E-state index contributed by atoms with van der Waals surface area (Å²) in [6.45, 7) is 4.11. The largest absolute Gasteiger partial charge is 0.497 e. The lowest BCUT2D eigenvalue weighted by atomic mass is 9.76. The minimum Gasteiger partial charge on any atom is -0.497 e. The van der Waals surface area contributed by atoms with E-state index in [1.54, 1.807) is 14.2 Å². The van der Waals surface area contributed by atoms with Gasteiger partial charge in [-0.25, -0.2) is 0 Å². The predicted molar refractivity (Wildman–Crippen MR) is 69.1 cm³/mol. The van der Waals surface area contributed by atoms with Crippen LogP contribution >= 0.6 is 0 Å². The first kappa shape index (κ1) is 12.7. The zero-order valence-electron chi connectivity index (χ0n) is 11.2. The van der Waals surface area contributed by atoms with Crippen LogP contribution < -0.4 is 14.8 Å². The van der Waals surface area contributed by atoms with Crippen LogP contribution in [0.4, 0.5) is 0 Å². The highest BCUT2D eigenvalue weighted by Gasteiger charge is 2.43. The Morgan fingerprint density at radius 3 is 2.56 bits per heavy atom. The molecule has 4 heteroatoms. The van der Waals surface area contributed by atoms with Gasteiger partial charge in [0.1, 0.15) is 11.5 Å². The lowest BCUT2D eigenvalue weighted by Crippen LogP contribution is -2.35. The molecule has 1 aliphatic rings. The molecule has 0 saturated carbocycles. The SMILES string of the molecule is COc1ccc(C2(C)CC(=O)NC2C)c(OC)c1. The minimum absolute atomic E-state index is 0.0860. The van der Waals surface area contributed by atoms with Gasteiger partial charge in [0.05, 0.1) is 14.2 Å². The van der Waals surface area contributed by atoms with Gasteiger partial charge in [-0.1, -0.05) is 13.0 Å². The summed E-state index contributed by atoms with van der Waals surface area (Å²) < 4.78 is 10.6. The highest BCUT2D eigenvalue weighted by atomic mass is 16.5. The number of carbonyl (C=O) groups excluding carboxylic acids is 1. The van der Waals surface area contributed by atoms with Gasteiger partial charge < -0.3 is 14.8 Å². The summed E-state index contributed by atoms with van der Waals surface area (Å²) in [6.07, 6.45) is 0.483. The van der Waals surface area contributed by atoms with Crippen LogP contribution in [0, 0.1) is 0 Å².